The van der Waals surface area contributed by atoms with E-state index in [-0.39, 0.29) is 0 Å². The summed E-state index contributed by atoms with van der Waals surface area (Å²) in [6.45, 7) is 24.3. The van der Waals surface area contributed by atoms with Crippen LogP contribution in [0.1, 0.15) is 94.9 Å². The molecule has 0 radical (unpaired) electrons. The van der Waals surface area contributed by atoms with E-state index in [1.54, 1.807) is 0 Å². The molecule has 122 valence electrons. The van der Waals surface area contributed by atoms with Gasteiger partial charge in [0.05, 0.1) is 0 Å². The zero-order chi connectivity index (χ0) is 17.4. The minimum atomic E-state index is 0.770. The Morgan fingerprint density at radius 2 is 1.25 bits per heavy atom. The monoisotopic (exact) mass is 282 g/mol. The van der Waals surface area contributed by atoms with Crippen LogP contribution in [0.15, 0.2) is 23.8 Å². The van der Waals surface area contributed by atoms with Gasteiger partial charge in [0, 0.05) is 6.42 Å². The highest BCUT2D eigenvalue weighted by Crippen LogP contribution is 2.15. The van der Waals surface area contributed by atoms with Gasteiger partial charge in [-0.3, -0.25) is 0 Å². The lowest BCUT2D eigenvalue weighted by molar-refractivity contribution is 0.980. The van der Waals surface area contributed by atoms with E-state index in [2.05, 4.69) is 40.2 Å². The molecule has 0 unspecified atom stereocenters. The molecule has 0 atom stereocenters. The van der Waals surface area contributed by atoms with E-state index in [0.717, 1.165) is 19.3 Å². The quantitative estimate of drug-likeness (QED) is 0.364. The van der Waals surface area contributed by atoms with Crippen molar-refractivity contribution in [3.8, 4) is 12.3 Å². The van der Waals surface area contributed by atoms with Crippen molar-refractivity contribution in [2.45, 2.75) is 94.9 Å². The SMILES string of the molecule is C#CC/C(CC)=C(\C=C)CC.CC.CC.CC.CCC. The maximum atomic E-state index is 5.23. The van der Waals surface area contributed by atoms with Gasteiger partial charge in [0.15, 0.2) is 0 Å². The van der Waals surface area contributed by atoms with Crippen LogP contribution in [0.5, 0.6) is 0 Å². The van der Waals surface area contributed by atoms with Crippen molar-refractivity contribution < 1.29 is 0 Å². The fourth-order valence-corrected chi connectivity index (χ4v) is 1.13. The Morgan fingerprint density at radius 3 is 1.40 bits per heavy atom. The molecule has 0 nitrogen and oxygen atoms in total. The van der Waals surface area contributed by atoms with E-state index in [9.17, 15) is 0 Å². The Balaban J connectivity index is -0.0000000698. The Bertz CT molecular complexity index is 201. The normalized spacial score (nSPS) is 8.25. The van der Waals surface area contributed by atoms with Crippen LogP contribution in [0.2, 0.25) is 0 Å². The molecule has 0 aliphatic carbocycles. The molecule has 0 spiro atoms. The zero-order valence-corrected chi connectivity index (χ0v) is 16.2. The number of hydrogen-bond acceptors (Lipinski definition) is 0. The smallest absolute Gasteiger partial charge is 0.0302 e. The predicted molar refractivity (Wildman–Crippen MR) is 101 cm³/mol. The van der Waals surface area contributed by atoms with Gasteiger partial charge >= 0.3 is 0 Å². The van der Waals surface area contributed by atoms with Crippen LogP contribution in [0.25, 0.3) is 0 Å². The van der Waals surface area contributed by atoms with Gasteiger partial charge in [-0.15, -0.1) is 12.3 Å². The first-order chi connectivity index (χ1) is 9.71. The molecule has 0 amide bonds. The van der Waals surface area contributed by atoms with E-state index in [4.69, 9.17) is 6.42 Å². The van der Waals surface area contributed by atoms with Gasteiger partial charge in [-0.05, 0) is 18.4 Å². The van der Waals surface area contributed by atoms with E-state index in [1.165, 1.54) is 17.6 Å². The van der Waals surface area contributed by atoms with E-state index < -0.39 is 0 Å². The van der Waals surface area contributed by atoms with Gasteiger partial charge in [0.2, 0.25) is 0 Å². The van der Waals surface area contributed by atoms with E-state index in [0.29, 0.717) is 0 Å². The number of allylic oxidation sites excluding steroid dienone is 3. The zero-order valence-electron chi connectivity index (χ0n) is 16.2. The summed E-state index contributed by atoms with van der Waals surface area (Å²) in [6.07, 6.45) is 11.2. The second kappa shape index (κ2) is 43.0. The number of terminal acetylenes is 1. The standard InChI is InChI=1S/C11H16.C3H8.3C2H6/c1-5-9-11(8-4)10(6-2)7-3;1-3-2;3*1-2/h1,6H,2,7-9H2,3-4H3;3H2,1-2H3;3*1-2H3/b11-10+;;;;. The van der Waals surface area contributed by atoms with Crippen molar-refractivity contribution >= 4 is 0 Å². The topological polar surface area (TPSA) is 0 Å². The fourth-order valence-electron chi connectivity index (χ4n) is 1.13. The molecular weight excluding hydrogens is 240 g/mol. The maximum Gasteiger partial charge on any atom is 0.0302 e. The summed E-state index contributed by atoms with van der Waals surface area (Å²) in [6, 6.07) is 0. The maximum absolute atomic E-state index is 5.23. The van der Waals surface area contributed by atoms with Gasteiger partial charge in [-0.1, -0.05) is 93.9 Å². The van der Waals surface area contributed by atoms with E-state index in [1.807, 2.05) is 47.6 Å². The molecule has 0 aromatic rings. The van der Waals surface area contributed by atoms with Crippen LogP contribution in [0.4, 0.5) is 0 Å². The molecule has 0 aromatic carbocycles. The highest BCUT2D eigenvalue weighted by Gasteiger charge is 1.97. The van der Waals surface area contributed by atoms with Gasteiger partial charge in [-0.25, -0.2) is 0 Å². The fraction of sp³-hybridized carbons (Fsp3) is 0.700. The van der Waals surface area contributed by atoms with Crippen molar-refractivity contribution in [3.05, 3.63) is 23.8 Å². The molecule has 0 saturated heterocycles. The Morgan fingerprint density at radius 1 is 0.900 bits per heavy atom. The average Bonchev–Trinajstić information content (AvgIpc) is 2.54. The third-order valence-electron chi connectivity index (χ3n) is 1.82. The summed E-state index contributed by atoms with van der Waals surface area (Å²) in [5, 5.41) is 0. The highest BCUT2D eigenvalue weighted by molar-refractivity contribution is 5.26. The van der Waals surface area contributed by atoms with Crippen molar-refractivity contribution in [2.24, 2.45) is 0 Å². The molecule has 0 fully saturated rings. The van der Waals surface area contributed by atoms with Crippen LogP contribution in [0, 0.1) is 12.3 Å². The first kappa shape index (κ1) is 31.4. The molecule has 0 heterocycles. The van der Waals surface area contributed by atoms with Gasteiger partial charge in [0.1, 0.15) is 0 Å². The third kappa shape index (κ3) is 30.2. The molecular formula is C20H42. The van der Waals surface area contributed by atoms with Crippen LogP contribution in [-0.2, 0) is 0 Å². The summed E-state index contributed by atoms with van der Waals surface area (Å²) in [5.41, 5.74) is 2.66. The average molecular weight is 283 g/mol. The molecule has 0 rings (SSSR count). The molecule has 0 aromatic heterocycles. The highest BCUT2D eigenvalue weighted by atomic mass is 14.0. The first-order valence-electron chi connectivity index (χ1n) is 8.48. The predicted octanol–water partition coefficient (Wildman–Crippen LogP) is 7.81. The first-order valence-corrected chi connectivity index (χ1v) is 8.48. The van der Waals surface area contributed by atoms with Crippen molar-refractivity contribution in [1.29, 1.82) is 0 Å². The molecule has 0 heteroatoms. The molecule has 0 N–H and O–H groups in total. The second-order valence-electron chi connectivity index (χ2n) is 3.13. The minimum Gasteiger partial charge on any atom is -0.120 e. The third-order valence-corrected chi connectivity index (χ3v) is 1.82. The Labute approximate surface area is 131 Å². The lowest BCUT2D eigenvalue weighted by Gasteiger charge is -2.04. The number of hydrogen-bond donors (Lipinski definition) is 0. The Hall–Kier alpha value is -0.960. The molecule has 0 bridgehead atoms. The summed E-state index contributed by atoms with van der Waals surface area (Å²) in [5.74, 6) is 2.66. The molecule has 0 saturated carbocycles. The second-order valence-corrected chi connectivity index (χ2v) is 3.13. The minimum absolute atomic E-state index is 0.770. The summed E-state index contributed by atoms with van der Waals surface area (Å²) >= 11 is 0. The van der Waals surface area contributed by atoms with Gasteiger partial charge in [-0.2, -0.15) is 0 Å². The lowest BCUT2D eigenvalue weighted by Crippen LogP contribution is -1.86. The Kier molecular flexibility index (Phi) is 67.5. The van der Waals surface area contributed by atoms with Crippen molar-refractivity contribution in [1.82, 2.24) is 0 Å². The van der Waals surface area contributed by atoms with E-state index >= 15 is 0 Å². The molecule has 20 heavy (non-hydrogen) atoms. The van der Waals surface area contributed by atoms with Crippen LogP contribution >= 0.6 is 0 Å². The summed E-state index contributed by atoms with van der Waals surface area (Å²) < 4.78 is 0. The lowest BCUT2D eigenvalue weighted by atomic mass is 10.0. The van der Waals surface area contributed by atoms with Gasteiger partial charge < -0.3 is 0 Å². The van der Waals surface area contributed by atoms with Crippen LogP contribution in [0.3, 0.4) is 0 Å². The molecule has 0 aliphatic heterocycles. The largest absolute Gasteiger partial charge is 0.120 e. The number of rotatable bonds is 4. The summed E-state index contributed by atoms with van der Waals surface area (Å²) in [4.78, 5) is 0. The van der Waals surface area contributed by atoms with Crippen LogP contribution in [-0.4, -0.2) is 0 Å². The van der Waals surface area contributed by atoms with Crippen molar-refractivity contribution in [3.63, 3.8) is 0 Å². The van der Waals surface area contributed by atoms with Gasteiger partial charge in [0.25, 0.3) is 0 Å². The summed E-state index contributed by atoms with van der Waals surface area (Å²) in [7, 11) is 0. The van der Waals surface area contributed by atoms with Crippen LogP contribution < -0.4 is 0 Å². The van der Waals surface area contributed by atoms with Crippen molar-refractivity contribution in [2.75, 3.05) is 0 Å². The molecule has 0 aliphatic rings.